The van der Waals surface area contributed by atoms with Gasteiger partial charge in [-0.25, -0.2) is 18.6 Å². The molecule has 3 aromatic rings. The average molecular weight is 548 g/mol. The topological polar surface area (TPSA) is 75.7 Å². The fourth-order valence-electron chi connectivity index (χ4n) is 4.98. The minimum atomic E-state index is -2.66. The summed E-state index contributed by atoms with van der Waals surface area (Å²) in [6, 6.07) is 10.5. The maximum atomic E-state index is 13.9. The quantitative estimate of drug-likeness (QED) is 0.314. The molecule has 4 rings (SSSR count). The van der Waals surface area contributed by atoms with Crippen molar-refractivity contribution in [3.63, 3.8) is 0 Å². The van der Waals surface area contributed by atoms with Crippen molar-refractivity contribution in [2.75, 3.05) is 0 Å². The Morgan fingerprint density at radius 2 is 1.73 bits per heavy atom. The number of rotatable bonds is 8. The molecule has 0 spiro atoms. The summed E-state index contributed by atoms with van der Waals surface area (Å²) >= 11 is 12.8. The van der Waals surface area contributed by atoms with Gasteiger partial charge in [-0.3, -0.25) is 9.78 Å². The number of hydrogen-bond donors (Lipinski definition) is 1. The van der Waals surface area contributed by atoms with E-state index in [1.165, 1.54) is 0 Å². The van der Waals surface area contributed by atoms with E-state index in [-0.39, 0.29) is 49.0 Å². The molecule has 1 fully saturated rings. The van der Waals surface area contributed by atoms with E-state index in [0.717, 1.165) is 17.5 Å². The SMILES string of the molecule is CC(C)c1cc(-c2nc(-c3cc(CCC(=O)C4(C(F)F)CCCCC4)ccc3Cl)[nH]c(=O)n2)ccc1Cl. The molecular weight excluding hydrogens is 519 g/mol. The normalized spacial score (nSPS) is 15.4. The molecule has 37 heavy (non-hydrogen) atoms. The number of aromatic nitrogens is 3. The maximum Gasteiger partial charge on any atom is 0.348 e. The lowest BCUT2D eigenvalue weighted by Gasteiger charge is -2.35. The van der Waals surface area contributed by atoms with E-state index in [1.807, 2.05) is 19.9 Å². The van der Waals surface area contributed by atoms with Crippen molar-refractivity contribution in [3.8, 4) is 22.8 Å². The first-order valence-electron chi connectivity index (χ1n) is 12.5. The zero-order chi connectivity index (χ0) is 26.7. The van der Waals surface area contributed by atoms with E-state index in [1.54, 1.807) is 30.3 Å². The molecule has 1 aliphatic rings. The van der Waals surface area contributed by atoms with Crippen LogP contribution < -0.4 is 5.69 Å². The number of H-pyrrole nitrogens is 1. The van der Waals surface area contributed by atoms with Crippen LogP contribution in [0.25, 0.3) is 22.8 Å². The molecule has 1 heterocycles. The van der Waals surface area contributed by atoms with Gasteiger partial charge in [-0.05, 0) is 66.6 Å². The number of carbonyl (C=O) groups excluding carboxylic acids is 1. The molecule has 1 saturated carbocycles. The summed E-state index contributed by atoms with van der Waals surface area (Å²) < 4.78 is 27.8. The molecule has 0 unspecified atom stereocenters. The van der Waals surface area contributed by atoms with Gasteiger partial charge in [-0.1, -0.05) is 62.4 Å². The zero-order valence-corrected chi connectivity index (χ0v) is 22.3. The van der Waals surface area contributed by atoms with E-state index in [4.69, 9.17) is 23.2 Å². The van der Waals surface area contributed by atoms with Gasteiger partial charge in [0.1, 0.15) is 11.6 Å². The number of benzene rings is 2. The number of nitrogens with zero attached hydrogens (tertiary/aromatic N) is 2. The lowest BCUT2D eigenvalue weighted by Crippen LogP contribution is -2.40. The van der Waals surface area contributed by atoms with Crippen LogP contribution in [0.1, 0.15) is 69.4 Å². The monoisotopic (exact) mass is 547 g/mol. The second-order valence-electron chi connectivity index (χ2n) is 9.97. The largest absolute Gasteiger partial charge is 0.348 e. The summed E-state index contributed by atoms with van der Waals surface area (Å²) in [5.41, 5.74) is 0.633. The Labute approximate surface area is 224 Å². The molecule has 0 atom stereocenters. The second-order valence-corrected chi connectivity index (χ2v) is 10.8. The van der Waals surface area contributed by atoms with Crippen molar-refractivity contribution in [1.82, 2.24) is 15.0 Å². The number of ketones is 1. The van der Waals surface area contributed by atoms with Gasteiger partial charge in [0.15, 0.2) is 5.82 Å². The maximum absolute atomic E-state index is 13.9. The number of Topliss-reactive ketones (excluding diaryl/α,β-unsaturated/α-hetero) is 1. The average Bonchev–Trinajstić information content (AvgIpc) is 2.88. The number of hydrogen-bond acceptors (Lipinski definition) is 4. The molecule has 1 aromatic heterocycles. The minimum Gasteiger partial charge on any atom is -0.299 e. The van der Waals surface area contributed by atoms with E-state index in [0.29, 0.717) is 34.0 Å². The summed E-state index contributed by atoms with van der Waals surface area (Å²) in [5.74, 6) is 0.233. The van der Waals surface area contributed by atoms with Gasteiger partial charge in [-0.15, -0.1) is 0 Å². The molecule has 0 aliphatic heterocycles. The Bertz CT molecular complexity index is 1350. The van der Waals surface area contributed by atoms with Gasteiger partial charge >= 0.3 is 5.69 Å². The summed E-state index contributed by atoms with van der Waals surface area (Å²) in [6.45, 7) is 4.03. The van der Waals surface area contributed by atoms with Crippen LogP contribution in [0, 0.1) is 5.41 Å². The van der Waals surface area contributed by atoms with Crippen LogP contribution in [0.3, 0.4) is 0 Å². The molecule has 2 aromatic carbocycles. The lowest BCUT2D eigenvalue weighted by molar-refractivity contribution is -0.142. The Kier molecular flexibility index (Phi) is 8.44. The summed E-state index contributed by atoms with van der Waals surface area (Å²) in [6.07, 6.45) is 0.306. The molecular formula is C28H29Cl2F2N3O2. The van der Waals surface area contributed by atoms with Gasteiger partial charge in [0.25, 0.3) is 6.43 Å². The Hall–Kier alpha value is -2.64. The Morgan fingerprint density at radius 3 is 2.41 bits per heavy atom. The minimum absolute atomic E-state index is 0.0136. The summed E-state index contributed by atoms with van der Waals surface area (Å²) in [5, 5.41) is 0.974. The highest BCUT2D eigenvalue weighted by molar-refractivity contribution is 6.33. The predicted molar refractivity (Wildman–Crippen MR) is 142 cm³/mol. The third-order valence-corrected chi connectivity index (χ3v) is 7.85. The van der Waals surface area contributed by atoms with E-state index < -0.39 is 17.5 Å². The van der Waals surface area contributed by atoms with Crippen LogP contribution in [-0.4, -0.2) is 27.2 Å². The fraction of sp³-hybridized carbons (Fsp3) is 0.429. The van der Waals surface area contributed by atoms with Gasteiger partial charge in [0.05, 0.1) is 10.4 Å². The van der Waals surface area contributed by atoms with E-state index in [9.17, 15) is 18.4 Å². The van der Waals surface area contributed by atoms with Gasteiger partial charge in [-0.2, -0.15) is 4.98 Å². The standard InChI is InChI=1S/C28H29Cl2F2N3O2/c1-16(2)19-15-18(8-10-21(19)29)24-33-25(35-27(37)34-24)20-14-17(6-9-22(20)30)7-11-23(36)28(26(31)32)12-4-3-5-13-28/h6,8-10,14-16,26H,3-5,7,11-13H2,1-2H3,(H,33,34,35,37). The fourth-order valence-corrected chi connectivity index (χ4v) is 5.53. The second kappa shape index (κ2) is 11.4. The van der Waals surface area contributed by atoms with Gasteiger partial charge < -0.3 is 0 Å². The van der Waals surface area contributed by atoms with E-state index >= 15 is 0 Å². The van der Waals surface area contributed by atoms with Crippen molar-refractivity contribution < 1.29 is 13.6 Å². The Balaban J connectivity index is 1.62. The molecule has 1 N–H and O–H groups in total. The van der Waals surface area contributed by atoms with Crippen LogP contribution in [0.2, 0.25) is 10.0 Å². The smallest absolute Gasteiger partial charge is 0.299 e. The number of nitrogens with one attached hydrogen (secondary N) is 1. The van der Waals surface area contributed by atoms with Gasteiger partial charge in [0.2, 0.25) is 0 Å². The number of alkyl halides is 2. The highest BCUT2D eigenvalue weighted by atomic mass is 35.5. The van der Waals surface area contributed by atoms with E-state index in [2.05, 4.69) is 15.0 Å². The predicted octanol–water partition coefficient (Wildman–Crippen LogP) is 7.65. The van der Waals surface area contributed by atoms with Crippen LogP contribution in [-0.2, 0) is 11.2 Å². The first kappa shape index (κ1) is 27.4. The zero-order valence-electron chi connectivity index (χ0n) is 20.8. The molecule has 1 aliphatic carbocycles. The molecule has 0 bridgehead atoms. The van der Waals surface area contributed by atoms with Crippen molar-refractivity contribution in [2.45, 2.75) is 71.1 Å². The highest BCUT2D eigenvalue weighted by Crippen LogP contribution is 2.43. The molecule has 0 radical (unpaired) electrons. The van der Waals surface area contributed by atoms with Gasteiger partial charge in [0, 0.05) is 22.6 Å². The van der Waals surface area contributed by atoms with Crippen molar-refractivity contribution in [1.29, 1.82) is 0 Å². The molecule has 0 saturated heterocycles. The Morgan fingerprint density at radius 1 is 1.03 bits per heavy atom. The third-order valence-electron chi connectivity index (χ3n) is 7.17. The highest BCUT2D eigenvalue weighted by Gasteiger charge is 2.46. The van der Waals surface area contributed by atoms with Crippen molar-refractivity contribution in [3.05, 3.63) is 68.1 Å². The van der Waals surface area contributed by atoms with Crippen LogP contribution in [0.5, 0.6) is 0 Å². The van der Waals surface area contributed by atoms with Crippen LogP contribution in [0.15, 0.2) is 41.2 Å². The van der Waals surface area contributed by atoms with Crippen molar-refractivity contribution >= 4 is 29.0 Å². The van der Waals surface area contributed by atoms with Crippen LogP contribution >= 0.6 is 23.2 Å². The number of aromatic amines is 1. The molecule has 5 nitrogen and oxygen atoms in total. The first-order chi connectivity index (χ1) is 17.6. The first-order valence-corrected chi connectivity index (χ1v) is 13.2. The molecule has 196 valence electrons. The summed E-state index contributed by atoms with van der Waals surface area (Å²) in [7, 11) is 0. The van der Waals surface area contributed by atoms with Crippen LogP contribution in [0.4, 0.5) is 8.78 Å². The number of aryl methyl sites for hydroxylation is 1. The third kappa shape index (κ3) is 5.93. The molecule has 9 heteroatoms. The lowest BCUT2D eigenvalue weighted by atomic mass is 9.70. The number of carbonyl (C=O) groups is 1. The number of halogens is 4. The molecule has 0 amide bonds. The van der Waals surface area contributed by atoms with Crippen molar-refractivity contribution in [2.24, 2.45) is 5.41 Å². The summed E-state index contributed by atoms with van der Waals surface area (Å²) in [4.78, 5) is 36.6.